The lowest BCUT2D eigenvalue weighted by atomic mass is 9.98. The molecule has 1 atom stereocenters. The Bertz CT molecular complexity index is 920. The molecule has 1 aliphatic rings. The third-order valence-electron chi connectivity index (χ3n) is 5.21. The summed E-state index contributed by atoms with van der Waals surface area (Å²) in [5.41, 5.74) is 4.67. The number of hydrogen-bond donors (Lipinski definition) is 1. The Morgan fingerprint density at radius 3 is 2.74 bits per heavy atom. The Labute approximate surface area is 164 Å². The molecule has 0 saturated carbocycles. The molecule has 1 N–H and O–H groups in total. The summed E-state index contributed by atoms with van der Waals surface area (Å²) >= 11 is 1.76. The number of benzene rings is 2. The summed E-state index contributed by atoms with van der Waals surface area (Å²) in [7, 11) is 0. The van der Waals surface area contributed by atoms with E-state index in [0.29, 0.717) is 6.54 Å². The molecule has 2 aromatic carbocycles. The molecule has 0 bridgehead atoms. The standard InChI is InChI=1S/C23H24N2OS/c1-17-6-4-9-19(14-17)23(26)24-15-21(22-10-5-13-27-22)25-12-11-18-7-2-3-8-20(18)16-25/h2-10,13-14,21H,11-12,15-16H2,1H3,(H,24,26)/t21-/m1/s1. The van der Waals surface area contributed by atoms with Gasteiger partial charge in [-0.15, -0.1) is 11.3 Å². The largest absolute Gasteiger partial charge is 0.350 e. The van der Waals surface area contributed by atoms with Crippen molar-refractivity contribution in [2.24, 2.45) is 0 Å². The van der Waals surface area contributed by atoms with Crippen LogP contribution in [0.2, 0.25) is 0 Å². The first kappa shape index (κ1) is 18.0. The molecule has 3 aromatic rings. The molecule has 0 unspecified atom stereocenters. The molecule has 27 heavy (non-hydrogen) atoms. The third kappa shape index (κ3) is 4.12. The first-order valence-electron chi connectivity index (χ1n) is 9.40. The number of aryl methyl sites for hydroxylation is 1. The second-order valence-corrected chi connectivity index (χ2v) is 8.08. The molecule has 0 fully saturated rings. The van der Waals surface area contributed by atoms with Gasteiger partial charge in [0, 0.05) is 30.1 Å². The van der Waals surface area contributed by atoms with Gasteiger partial charge in [0.2, 0.25) is 0 Å². The van der Waals surface area contributed by atoms with Crippen LogP contribution in [0.5, 0.6) is 0 Å². The number of carbonyl (C=O) groups excluding carboxylic acids is 1. The van der Waals surface area contributed by atoms with E-state index in [9.17, 15) is 4.79 Å². The van der Waals surface area contributed by atoms with Crippen molar-refractivity contribution >= 4 is 17.2 Å². The maximum Gasteiger partial charge on any atom is 0.251 e. The summed E-state index contributed by atoms with van der Waals surface area (Å²) in [4.78, 5) is 16.4. The predicted molar refractivity (Wildman–Crippen MR) is 111 cm³/mol. The molecule has 4 rings (SSSR count). The molecular weight excluding hydrogens is 352 g/mol. The Hall–Kier alpha value is -2.43. The quantitative estimate of drug-likeness (QED) is 0.707. The van der Waals surface area contributed by atoms with Crippen LogP contribution in [-0.4, -0.2) is 23.9 Å². The van der Waals surface area contributed by atoms with Crippen molar-refractivity contribution < 1.29 is 4.79 Å². The highest BCUT2D eigenvalue weighted by Gasteiger charge is 2.26. The number of carbonyl (C=O) groups is 1. The van der Waals surface area contributed by atoms with Crippen LogP contribution in [-0.2, 0) is 13.0 Å². The van der Waals surface area contributed by atoms with Crippen LogP contribution in [0, 0.1) is 6.92 Å². The maximum atomic E-state index is 12.6. The van der Waals surface area contributed by atoms with Crippen LogP contribution in [0.25, 0.3) is 0 Å². The fraction of sp³-hybridized carbons (Fsp3) is 0.261. The summed E-state index contributed by atoms with van der Waals surface area (Å²) in [6.45, 7) is 4.57. The number of nitrogens with zero attached hydrogens (tertiary/aromatic N) is 1. The second-order valence-electron chi connectivity index (χ2n) is 7.10. The van der Waals surface area contributed by atoms with E-state index < -0.39 is 0 Å². The average molecular weight is 377 g/mol. The summed E-state index contributed by atoms with van der Waals surface area (Å²) in [5.74, 6) is -0.00216. The van der Waals surface area contributed by atoms with Gasteiger partial charge in [-0.1, -0.05) is 48.0 Å². The lowest BCUT2D eigenvalue weighted by Crippen LogP contribution is -2.40. The van der Waals surface area contributed by atoms with Gasteiger partial charge in [-0.2, -0.15) is 0 Å². The van der Waals surface area contributed by atoms with Crippen molar-refractivity contribution in [2.75, 3.05) is 13.1 Å². The van der Waals surface area contributed by atoms with E-state index in [1.54, 1.807) is 11.3 Å². The topological polar surface area (TPSA) is 32.3 Å². The lowest BCUT2D eigenvalue weighted by Gasteiger charge is -2.35. The minimum Gasteiger partial charge on any atom is -0.350 e. The van der Waals surface area contributed by atoms with Crippen LogP contribution in [0.15, 0.2) is 66.0 Å². The number of amides is 1. The van der Waals surface area contributed by atoms with Gasteiger partial charge in [-0.25, -0.2) is 0 Å². The summed E-state index contributed by atoms with van der Waals surface area (Å²) in [5, 5.41) is 5.28. The number of fused-ring (bicyclic) bond motifs is 1. The zero-order valence-corrected chi connectivity index (χ0v) is 16.3. The van der Waals surface area contributed by atoms with Gasteiger partial charge < -0.3 is 5.32 Å². The highest BCUT2D eigenvalue weighted by molar-refractivity contribution is 7.10. The zero-order valence-electron chi connectivity index (χ0n) is 15.5. The van der Waals surface area contributed by atoms with Crippen LogP contribution < -0.4 is 5.32 Å². The average Bonchev–Trinajstić information content (AvgIpc) is 3.22. The van der Waals surface area contributed by atoms with Gasteiger partial charge in [-0.3, -0.25) is 9.69 Å². The molecule has 1 amide bonds. The molecule has 0 spiro atoms. The SMILES string of the molecule is Cc1cccc(C(=O)NC[C@H](c2cccs2)N2CCc3ccccc3C2)c1. The number of rotatable bonds is 5. The van der Waals surface area contributed by atoms with E-state index in [4.69, 9.17) is 0 Å². The monoisotopic (exact) mass is 376 g/mol. The van der Waals surface area contributed by atoms with Crippen LogP contribution in [0.3, 0.4) is 0 Å². The highest BCUT2D eigenvalue weighted by Crippen LogP contribution is 2.30. The summed E-state index contributed by atoms with van der Waals surface area (Å²) in [6.07, 6.45) is 1.06. The van der Waals surface area contributed by atoms with Gasteiger partial charge in [0.05, 0.1) is 6.04 Å². The molecule has 138 valence electrons. The normalized spacial score (nSPS) is 15.1. The minimum atomic E-state index is -0.00216. The molecule has 0 aliphatic carbocycles. The second kappa shape index (κ2) is 8.07. The predicted octanol–water partition coefficient (Wildman–Crippen LogP) is 4.59. The van der Waals surface area contributed by atoms with Gasteiger partial charge in [-0.05, 0) is 48.1 Å². The molecule has 4 heteroatoms. The Morgan fingerprint density at radius 1 is 1.11 bits per heavy atom. The Morgan fingerprint density at radius 2 is 1.96 bits per heavy atom. The first-order chi connectivity index (χ1) is 13.2. The van der Waals surface area contributed by atoms with E-state index in [1.165, 1.54) is 16.0 Å². The minimum absolute atomic E-state index is 0.00216. The molecule has 3 nitrogen and oxygen atoms in total. The van der Waals surface area contributed by atoms with Crippen molar-refractivity contribution in [3.05, 3.63) is 93.2 Å². The van der Waals surface area contributed by atoms with E-state index >= 15 is 0 Å². The number of hydrogen-bond acceptors (Lipinski definition) is 3. The first-order valence-corrected chi connectivity index (χ1v) is 10.3. The van der Waals surface area contributed by atoms with Crippen LogP contribution >= 0.6 is 11.3 Å². The number of thiophene rings is 1. The van der Waals surface area contributed by atoms with Gasteiger partial charge in [0.25, 0.3) is 5.91 Å². The van der Waals surface area contributed by atoms with Gasteiger partial charge in [0.1, 0.15) is 0 Å². The molecule has 0 radical (unpaired) electrons. The van der Waals surface area contributed by atoms with Gasteiger partial charge in [0.15, 0.2) is 0 Å². The molecule has 1 aliphatic heterocycles. The van der Waals surface area contributed by atoms with Crippen molar-refractivity contribution in [2.45, 2.75) is 25.9 Å². The highest BCUT2D eigenvalue weighted by atomic mass is 32.1. The van der Waals surface area contributed by atoms with Crippen molar-refractivity contribution in [1.82, 2.24) is 10.2 Å². The lowest BCUT2D eigenvalue weighted by molar-refractivity contribution is 0.0928. The van der Waals surface area contributed by atoms with Crippen molar-refractivity contribution in [3.63, 3.8) is 0 Å². The summed E-state index contributed by atoms with van der Waals surface area (Å²) < 4.78 is 0. The fourth-order valence-electron chi connectivity index (χ4n) is 3.75. The molecule has 0 saturated heterocycles. The van der Waals surface area contributed by atoms with Gasteiger partial charge >= 0.3 is 0 Å². The van der Waals surface area contributed by atoms with Crippen LogP contribution in [0.4, 0.5) is 0 Å². The van der Waals surface area contributed by atoms with E-state index in [-0.39, 0.29) is 11.9 Å². The smallest absolute Gasteiger partial charge is 0.251 e. The van der Waals surface area contributed by atoms with Crippen molar-refractivity contribution in [1.29, 1.82) is 0 Å². The summed E-state index contributed by atoms with van der Waals surface area (Å²) in [6, 6.07) is 20.9. The number of nitrogens with one attached hydrogen (secondary N) is 1. The maximum absolute atomic E-state index is 12.6. The fourth-order valence-corrected chi connectivity index (χ4v) is 4.61. The Balaban J connectivity index is 1.50. The molecule has 1 aromatic heterocycles. The van der Waals surface area contributed by atoms with E-state index in [1.807, 2.05) is 31.2 Å². The Kier molecular flexibility index (Phi) is 5.37. The van der Waals surface area contributed by atoms with E-state index in [0.717, 1.165) is 30.6 Å². The third-order valence-corrected chi connectivity index (χ3v) is 6.18. The zero-order chi connectivity index (χ0) is 18.6. The van der Waals surface area contributed by atoms with Crippen molar-refractivity contribution in [3.8, 4) is 0 Å². The molecule has 2 heterocycles. The van der Waals surface area contributed by atoms with Crippen LogP contribution in [0.1, 0.15) is 38.0 Å². The molecular formula is C23H24N2OS. The van der Waals surface area contributed by atoms with E-state index in [2.05, 4.69) is 52.0 Å².